The molecule has 0 saturated carbocycles. The largest absolute Gasteiger partial charge is 0.463 e. The van der Waals surface area contributed by atoms with E-state index in [9.17, 15) is 19.6 Å². The van der Waals surface area contributed by atoms with Gasteiger partial charge in [0.1, 0.15) is 29.2 Å². The van der Waals surface area contributed by atoms with Gasteiger partial charge in [0.15, 0.2) is 11.2 Å². The fourth-order valence-corrected chi connectivity index (χ4v) is 2.86. The first-order chi connectivity index (χ1) is 13.3. The van der Waals surface area contributed by atoms with Crippen molar-refractivity contribution in [3.05, 3.63) is 68.8 Å². The van der Waals surface area contributed by atoms with E-state index in [0.29, 0.717) is 11.0 Å². The zero-order valence-electron chi connectivity index (χ0n) is 15.5. The molecule has 3 aromatic rings. The Morgan fingerprint density at radius 1 is 1.25 bits per heavy atom. The normalized spacial score (nSPS) is 10.9. The summed E-state index contributed by atoms with van der Waals surface area (Å²) < 4.78 is 10.8. The standard InChI is InChI=1S/C21H16N2O5/c1-11-4-6-17-15(8-11)20(26)14(10-27-17)5-7-18(25)23-21-16(9-22)19(12(2)24)13(3)28-21/h4-8,10H,1-3H3,(H,23,25)/b7-5+. The van der Waals surface area contributed by atoms with Crippen LogP contribution in [-0.2, 0) is 4.79 Å². The smallest absolute Gasteiger partial charge is 0.250 e. The molecule has 2 heterocycles. The average Bonchev–Trinajstić information content (AvgIpc) is 2.96. The van der Waals surface area contributed by atoms with E-state index in [2.05, 4.69) is 5.32 Å². The number of furan rings is 1. The molecule has 1 N–H and O–H groups in total. The maximum atomic E-state index is 12.5. The van der Waals surface area contributed by atoms with Crippen molar-refractivity contribution in [3.63, 3.8) is 0 Å². The molecule has 7 heteroatoms. The van der Waals surface area contributed by atoms with Crippen LogP contribution in [0.2, 0.25) is 0 Å². The van der Waals surface area contributed by atoms with Crippen LogP contribution in [0, 0.1) is 25.2 Å². The number of benzene rings is 1. The van der Waals surface area contributed by atoms with Crippen LogP contribution < -0.4 is 10.7 Å². The van der Waals surface area contributed by atoms with E-state index in [-0.39, 0.29) is 39.5 Å². The molecule has 0 radical (unpaired) electrons. The van der Waals surface area contributed by atoms with Crippen molar-refractivity contribution in [3.8, 4) is 6.07 Å². The van der Waals surface area contributed by atoms with E-state index >= 15 is 0 Å². The van der Waals surface area contributed by atoms with E-state index in [0.717, 1.165) is 11.6 Å². The third kappa shape index (κ3) is 3.48. The summed E-state index contributed by atoms with van der Waals surface area (Å²) in [5.41, 5.74) is 1.41. The summed E-state index contributed by atoms with van der Waals surface area (Å²) in [5.74, 6) is -0.822. The van der Waals surface area contributed by atoms with E-state index in [1.807, 2.05) is 19.1 Å². The van der Waals surface area contributed by atoms with E-state index in [1.54, 1.807) is 12.1 Å². The van der Waals surface area contributed by atoms with Crippen molar-refractivity contribution in [2.24, 2.45) is 0 Å². The van der Waals surface area contributed by atoms with Crippen LogP contribution in [0.3, 0.4) is 0 Å². The van der Waals surface area contributed by atoms with Gasteiger partial charge in [0.05, 0.1) is 16.5 Å². The monoisotopic (exact) mass is 376 g/mol. The highest BCUT2D eigenvalue weighted by Gasteiger charge is 2.21. The van der Waals surface area contributed by atoms with Crippen LogP contribution >= 0.6 is 0 Å². The minimum absolute atomic E-state index is 0.0348. The number of anilines is 1. The Balaban J connectivity index is 1.88. The van der Waals surface area contributed by atoms with Gasteiger partial charge in [-0.3, -0.25) is 19.7 Å². The quantitative estimate of drug-likeness (QED) is 0.548. The van der Waals surface area contributed by atoms with Crippen molar-refractivity contribution in [1.82, 2.24) is 0 Å². The van der Waals surface area contributed by atoms with Gasteiger partial charge >= 0.3 is 0 Å². The van der Waals surface area contributed by atoms with Crippen molar-refractivity contribution in [2.75, 3.05) is 5.32 Å². The van der Waals surface area contributed by atoms with Crippen LogP contribution in [0.1, 0.15) is 39.7 Å². The lowest BCUT2D eigenvalue weighted by Gasteiger charge is -2.00. The molecule has 0 fully saturated rings. The lowest BCUT2D eigenvalue weighted by Crippen LogP contribution is -2.10. The van der Waals surface area contributed by atoms with Crippen LogP contribution in [0.25, 0.3) is 17.0 Å². The number of fused-ring (bicyclic) bond motifs is 1. The molecule has 1 amide bonds. The Bertz CT molecular complexity index is 1240. The highest BCUT2D eigenvalue weighted by molar-refractivity contribution is 6.04. The first kappa shape index (κ1) is 18.9. The summed E-state index contributed by atoms with van der Waals surface area (Å²) in [6, 6.07) is 7.12. The van der Waals surface area contributed by atoms with Gasteiger partial charge < -0.3 is 8.83 Å². The highest BCUT2D eigenvalue weighted by atomic mass is 16.4. The molecule has 0 saturated heterocycles. The van der Waals surface area contributed by atoms with Gasteiger partial charge in [0, 0.05) is 6.08 Å². The number of carbonyl (C=O) groups is 2. The van der Waals surface area contributed by atoms with Gasteiger partial charge in [-0.15, -0.1) is 0 Å². The number of amides is 1. The van der Waals surface area contributed by atoms with Crippen molar-refractivity contribution in [2.45, 2.75) is 20.8 Å². The maximum Gasteiger partial charge on any atom is 0.250 e. The lowest BCUT2D eigenvalue weighted by molar-refractivity contribution is -0.111. The molecule has 0 unspecified atom stereocenters. The van der Waals surface area contributed by atoms with Gasteiger partial charge in [-0.05, 0) is 39.0 Å². The molecule has 7 nitrogen and oxygen atoms in total. The minimum atomic E-state index is -0.621. The first-order valence-electron chi connectivity index (χ1n) is 8.37. The molecule has 28 heavy (non-hydrogen) atoms. The fourth-order valence-electron chi connectivity index (χ4n) is 2.86. The lowest BCUT2D eigenvalue weighted by atomic mass is 10.1. The SMILES string of the molecule is CC(=O)c1c(C)oc(NC(=O)/C=C/c2coc3ccc(C)cc3c2=O)c1C#N. The number of aryl methyl sites for hydroxylation is 2. The summed E-state index contributed by atoms with van der Waals surface area (Å²) >= 11 is 0. The van der Waals surface area contributed by atoms with Crippen molar-refractivity contribution >= 4 is 34.6 Å². The minimum Gasteiger partial charge on any atom is -0.463 e. The van der Waals surface area contributed by atoms with Crippen LogP contribution in [0.15, 0.2) is 44.2 Å². The Labute approximate surface area is 159 Å². The molecule has 3 rings (SSSR count). The molecule has 2 aromatic heterocycles. The molecule has 0 spiro atoms. The van der Waals surface area contributed by atoms with Crippen LogP contribution in [0.5, 0.6) is 0 Å². The molecule has 0 aliphatic carbocycles. The molecule has 1 aromatic carbocycles. The number of nitrogens with one attached hydrogen (secondary N) is 1. The summed E-state index contributed by atoms with van der Waals surface area (Å²) in [6.45, 7) is 4.71. The highest BCUT2D eigenvalue weighted by Crippen LogP contribution is 2.26. The Morgan fingerprint density at radius 2 is 2.00 bits per heavy atom. The van der Waals surface area contributed by atoms with E-state index in [4.69, 9.17) is 8.83 Å². The zero-order chi connectivity index (χ0) is 20.4. The third-order valence-corrected chi connectivity index (χ3v) is 4.15. The van der Waals surface area contributed by atoms with Gasteiger partial charge in [0.25, 0.3) is 5.91 Å². The Kier molecular flexibility index (Phi) is 4.96. The summed E-state index contributed by atoms with van der Waals surface area (Å²) in [7, 11) is 0. The van der Waals surface area contributed by atoms with Gasteiger partial charge in [-0.2, -0.15) is 5.26 Å². The molecule has 0 aliphatic rings. The zero-order valence-corrected chi connectivity index (χ0v) is 15.5. The maximum absolute atomic E-state index is 12.5. The van der Waals surface area contributed by atoms with Crippen LogP contribution in [0.4, 0.5) is 5.88 Å². The van der Waals surface area contributed by atoms with Crippen molar-refractivity contribution < 1.29 is 18.4 Å². The number of ketones is 1. The second-order valence-corrected chi connectivity index (χ2v) is 6.25. The topological polar surface area (TPSA) is 113 Å². The second kappa shape index (κ2) is 7.37. The number of hydrogen-bond donors (Lipinski definition) is 1. The molecular formula is C21H16N2O5. The molecule has 0 bridgehead atoms. The fraction of sp³-hybridized carbons (Fsp3) is 0.143. The number of nitriles is 1. The number of carbonyl (C=O) groups excluding carboxylic acids is 2. The molecule has 0 aliphatic heterocycles. The Morgan fingerprint density at radius 3 is 2.68 bits per heavy atom. The Hall–Kier alpha value is -3.92. The van der Waals surface area contributed by atoms with Gasteiger partial charge in [-0.1, -0.05) is 11.6 Å². The second-order valence-electron chi connectivity index (χ2n) is 6.25. The first-order valence-corrected chi connectivity index (χ1v) is 8.37. The third-order valence-electron chi connectivity index (χ3n) is 4.15. The van der Waals surface area contributed by atoms with E-state index in [1.165, 1.54) is 26.2 Å². The number of nitrogens with zero attached hydrogens (tertiary/aromatic N) is 1. The number of Topliss-reactive ketones (excluding diaryl/α,β-unsaturated/α-hetero) is 1. The molecular weight excluding hydrogens is 360 g/mol. The number of hydrogen-bond acceptors (Lipinski definition) is 6. The van der Waals surface area contributed by atoms with E-state index < -0.39 is 5.91 Å². The summed E-state index contributed by atoms with van der Waals surface area (Å²) in [5, 5.41) is 12.1. The predicted octanol–water partition coefficient (Wildman–Crippen LogP) is 3.73. The van der Waals surface area contributed by atoms with Gasteiger partial charge in [-0.25, -0.2) is 0 Å². The van der Waals surface area contributed by atoms with Crippen molar-refractivity contribution in [1.29, 1.82) is 5.26 Å². The summed E-state index contributed by atoms with van der Waals surface area (Å²) in [6.07, 6.45) is 3.71. The molecule has 0 atom stereocenters. The number of rotatable bonds is 4. The summed E-state index contributed by atoms with van der Waals surface area (Å²) in [4.78, 5) is 36.4. The van der Waals surface area contributed by atoms with Crippen LogP contribution in [-0.4, -0.2) is 11.7 Å². The average molecular weight is 376 g/mol. The molecule has 140 valence electrons. The van der Waals surface area contributed by atoms with Gasteiger partial charge in [0.2, 0.25) is 5.88 Å². The predicted molar refractivity (Wildman–Crippen MR) is 103 cm³/mol.